The zero-order chi connectivity index (χ0) is 20.2. The van der Waals surface area contributed by atoms with Crippen LogP contribution in [0.5, 0.6) is 0 Å². The van der Waals surface area contributed by atoms with Crippen LogP contribution in [0.1, 0.15) is 5.56 Å². The molecule has 0 saturated carbocycles. The number of aromatic nitrogens is 1. The van der Waals surface area contributed by atoms with Crippen LogP contribution >= 0.6 is 11.6 Å². The Hall–Kier alpha value is -3.57. The van der Waals surface area contributed by atoms with Crippen molar-refractivity contribution in [1.82, 2.24) is 4.98 Å². The van der Waals surface area contributed by atoms with Gasteiger partial charge in [-0.3, -0.25) is 0 Å². The average Bonchev–Trinajstić information content (AvgIpc) is 3.21. The lowest BCUT2D eigenvalue weighted by atomic mass is 10.1. The molecule has 1 aromatic heterocycles. The maximum atomic E-state index is 12.1. The largest absolute Gasteiger partial charge is 0.444 e. The second-order valence-corrected chi connectivity index (χ2v) is 7.00. The summed E-state index contributed by atoms with van der Waals surface area (Å²) in [6.45, 7) is 2.04. The highest BCUT2D eigenvalue weighted by atomic mass is 35.5. The van der Waals surface area contributed by atoms with Crippen LogP contribution in [0.2, 0.25) is 5.02 Å². The molecular weight excluding hydrogens is 386 g/mol. The molecule has 6 heteroatoms. The summed E-state index contributed by atoms with van der Waals surface area (Å²) in [5.41, 5.74) is 5.12. The minimum Gasteiger partial charge on any atom is -0.444 e. The van der Waals surface area contributed by atoms with Crippen LogP contribution in [0.4, 0.5) is 16.2 Å². The van der Waals surface area contributed by atoms with Crippen molar-refractivity contribution in [1.29, 1.82) is 0 Å². The van der Waals surface area contributed by atoms with E-state index in [1.54, 1.807) is 42.7 Å². The van der Waals surface area contributed by atoms with E-state index in [0.717, 1.165) is 16.8 Å². The second-order valence-electron chi connectivity index (χ2n) is 6.57. The predicted molar refractivity (Wildman–Crippen MR) is 116 cm³/mol. The number of amides is 2. The third-order valence-electron chi connectivity index (χ3n) is 4.34. The molecule has 4 aromatic rings. The molecule has 0 radical (unpaired) electrons. The van der Waals surface area contributed by atoms with E-state index < -0.39 is 0 Å². The van der Waals surface area contributed by atoms with Crippen LogP contribution in [-0.4, -0.2) is 11.0 Å². The summed E-state index contributed by atoms with van der Waals surface area (Å²) >= 11 is 5.84. The molecule has 0 aliphatic carbocycles. The van der Waals surface area contributed by atoms with Gasteiger partial charge in [0.25, 0.3) is 0 Å². The van der Waals surface area contributed by atoms with Gasteiger partial charge in [-0.2, -0.15) is 0 Å². The van der Waals surface area contributed by atoms with E-state index in [9.17, 15) is 4.79 Å². The maximum absolute atomic E-state index is 12.1. The van der Waals surface area contributed by atoms with Gasteiger partial charge in [0.05, 0.1) is 0 Å². The van der Waals surface area contributed by atoms with Gasteiger partial charge in [-0.15, -0.1) is 0 Å². The summed E-state index contributed by atoms with van der Waals surface area (Å²) < 4.78 is 5.62. The lowest BCUT2D eigenvalue weighted by Crippen LogP contribution is -2.19. The standard InChI is InChI=1S/C23H18ClN3O2/c1-15-2-4-16(5-3-15)21-14-29-22(27-21)17-6-10-19(11-7-17)25-23(28)26-20-12-8-18(24)9-13-20/h2-14H,1H3,(H2,25,26,28). The average molecular weight is 404 g/mol. The molecule has 0 spiro atoms. The number of urea groups is 1. The molecule has 1 heterocycles. The van der Waals surface area contributed by atoms with E-state index in [4.69, 9.17) is 16.0 Å². The Bertz CT molecular complexity index is 1120. The number of carbonyl (C=O) groups is 1. The fraction of sp³-hybridized carbons (Fsp3) is 0.0435. The van der Waals surface area contributed by atoms with Crippen molar-refractivity contribution < 1.29 is 9.21 Å². The number of carbonyl (C=O) groups excluding carboxylic acids is 1. The smallest absolute Gasteiger partial charge is 0.323 e. The van der Waals surface area contributed by atoms with Gasteiger partial charge in [0, 0.05) is 27.5 Å². The monoisotopic (exact) mass is 403 g/mol. The number of hydrogen-bond acceptors (Lipinski definition) is 3. The van der Waals surface area contributed by atoms with Gasteiger partial charge in [0.1, 0.15) is 12.0 Å². The van der Waals surface area contributed by atoms with Crippen LogP contribution in [0, 0.1) is 6.92 Å². The molecule has 5 nitrogen and oxygen atoms in total. The van der Waals surface area contributed by atoms with Crippen LogP contribution in [0.3, 0.4) is 0 Å². The Kier molecular flexibility index (Phi) is 5.31. The molecule has 29 heavy (non-hydrogen) atoms. The van der Waals surface area contributed by atoms with Gasteiger partial charge < -0.3 is 15.1 Å². The molecular formula is C23H18ClN3O2. The molecule has 0 unspecified atom stereocenters. The summed E-state index contributed by atoms with van der Waals surface area (Å²) in [5.74, 6) is 0.526. The zero-order valence-corrected chi connectivity index (χ0v) is 16.4. The first-order valence-corrected chi connectivity index (χ1v) is 9.41. The maximum Gasteiger partial charge on any atom is 0.323 e. The van der Waals surface area contributed by atoms with Crippen molar-refractivity contribution in [2.24, 2.45) is 0 Å². The van der Waals surface area contributed by atoms with Crippen molar-refractivity contribution in [3.8, 4) is 22.7 Å². The molecule has 0 aliphatic heterocycles. The third-order valence-corrected chi connectivity index (χ3v) is 4.60. The van der Waals surface area contributed by atoms with Crippen molar-refractivity contribution in [2.75, 3.05) is 10.6 Å². The van der Waals surface area contributed by atoms with Crippen LogP contribution in [0.15, 0.2) is 83.5 Å². The molecule has 0 bridgehead atoms. The SMILES string of the molecule is Cc1ccc(-c2coc(-c3ccc(NC(=O)Nc4ccc(Cl)cc4)cc3)n2)cc1. The van der Waals surface area contributed by atoms with Crippen molar-refractivity contribution in [2.45, 2.75) is 6.92 Å². The summed E-state index contributed by atoms with van der Waals surface area (Å²) in [5, 5.41) is 6.15. The topological polar surface area (TPSA) is 67.2 Å². The van der Waals surface area contributed by atoms with E-state index in [2.05, 4.69) is 15.6 Å². The number of nitrogens with one attached hydrogen (secondary N) is 2. The number of rotatable bonds is 4. The van der Waals surface area contributed by atoms with Gasteiger partial charge in [0.2, 0.25) is 5.89 Å². The van der Waals surface area contributed by atoms with Crippen molar-refractivity contribution in [3.05, 3.63) is 89.6 Å². The number of oxazole rings is 1. The normalized spacial score (nSPS) is 10.6. The van der Waals surface area contributed by atoms with E-state index in [1.165, 1.54) is 5.56 Å². The first-order valence-electron chi connectivity index (χ1n) is 9.03. The minimum absolute atomic E-state index is 0.335. The molecule has 4 rings (SSSR count). The molecule has 0 aliphatic rings. The van der Waals surface area contributed by atoms with Crippen LogP contribution in [-0.2, 0) is 0 Å². The molecule has 0 saturated heterocycles. The molecule has 3 aromatic carbocycles. The summed E-state index contributed by atoms with van der Waals surface area (Å²) in [4.78, 5) is 16.7. The molecule has 0 fully saturated rings. The molecule has 2 N–H and O–H groups in total. The van der Waals surface area contributed by atoms with Crippen LogP contribution < -0.4 is 10.6 Å². The highest BCUT2D eigenvalue weighted by Crippen LogP contribution is 2.26. The molecule has 144 valence electrons. The van der Waals surface area contributed by atoms with Crippen LogP contribution in [0.25, 0.3) is 22.7 Å². The van der Waals surface area contributed by atoms with E-state index in [1.807, 2.05) is 43.3 Å². The molecule has 0 atom stereocenters. The number of benzene rings is 3. The van der Waals surface area contributed by atoms with E-state index in [-0.39, 0.29) is 6.03 Å². The highest BCUT2D eigenvalue weighted by molar-refractivity contribution is 6.30. The Morgan fingerprint density at radius 2 is 1.38 bits per heavy atom. The minimum atomic E-state index is -0.335. The third kappa shape index (κ3) is 4.65. The van der Waals surface area contributed by atoms with Gasteiger partial charge >= 0.3 is 6.03 Å². The Labute approximate surface area is 173 Å². The summed E-state index contributed by atoms with van der Waals surface area (Å²) in [6, 6.07) is 22.0. The first-order chi connectivity index (χ1) is 14.1. The number of halogens is 1. The molecule has 2 amide bonds. The van der Waals surface area contributed by atoms with Crippen molar-refractivity contribution >= 4 is 29.0 Å². The summed E-state index contributed by atoms with van der Waals surface area (Å²) in [6.07, 6.45) is 1.64. The Balaban J connectivity index is 1.42. The fourth-order valence-corrected chi connectivity index (χ4v) is 2.91. The number of anilines is 2. The number of aryl methyl sites for hydroxylation is 1. The highest BCUT2D eigenvalue weighted by Gasteiger charge is 2.09. The zero-order valence-electron chi connectivity index (χ0n) is 15.6. The van der Waals surface area contributed by atoms with Gasteiger partial charge in [0.15, 0.2) is 0 Å². The number of nitrogens with zero attached hydrogens (tertiary/aromatic N) is 1. The fourth-order valence-electron chi connectivity index (χ4n) is 2.79. The second kappa shape index (κ2) is 8.20. The van der Waals surface area contributed by atoms with Gasteiger partial charge in [-0.25, -0.2) is 9.78 Å². The van der Waals surface area contributed by atoms with Crippen molar-refractivity contribution in [3.63, 3.8) is 0 Å². The lowest BCUT2D eigenvalue weighted by molar-refractivity contribution is 0.262. The quantitative estimate of drug-likeness (QED) is 0.402. The van der Waals surface area contributed by atoms with Gasteiger partial charge in [-0.05, 0) is 55.5 Å². The van der Waals surface area contributed by atoms with Gasteiger partial charge in [-0.1, -0.05) is 41.4 Å². The van der Waals surface area contributed by atoms with E-state index in [0.29, 0.717) is 22.3 Å². The Morgan fingerprint density at radius 3 is 2.00 bits per heavy atom. The lowest BCUT2D eigenvalue weighted by Gasteiger charge is -2.08. The Morgan fingerprint density at radius 1 is 0.828 bits per heavy atom. The predicted octanol–water partition coefficient (Wildman–Crippen LogP) is 6.61. The van der Waals surface area contributed by atoms with E-state index >= 15 is 0 Å². The first kappa shape index (κ1) is 18.8. The number of hydrogen-bond donors (Lipinski definition) is 2. The summed E-state index contributed by atoms with van der Waals surface area (Å²) in [7, 11) is 0.